The van der Waals surface area contributed by atoms with Gasteiger partial charge in [-0.15, -0.1) is 0 Å². The van der Waals surface area contributed by atoms with Crippen LogP contribution in [0.1, 0.15) is 23.7 Å². The van der Waals surface area contributed by atoms with Crippen molar-refractivity contribution in [3.05, 3.63) is 96.1 Å². The molecule has 2 aliphatic heterocycles. The van der Waals surface area contributed by atoms with E-state index in [9.17, 15) is 4.79 Å². The maximum Gasteiger partial charge on any atom is 0.265 e. The van der Waals surface area contributed by atoms with Gasteiger partial charge < -0.3 is 4.90 Å². The third kappa shape index (κ3) is 2.65. The van der Waals surface area contributed by atoms with Crippen LogP contribution in [0.25, 0.3) is 0 Å². The van der Waals surface area contributed by atoms with Crippen LogP contribution in [0.15, 0.2) is 84.9 Å². The Morgan fingerprint density at radius 2 is 1.48 bits per heavy atom. The van der Waals surface area contributed by atoms with Crippen LogP contribution in [0, 0.1) is 0 Å². The summed E-state index contributed by atoms with van der Waals surface area (Å²) in [6.07, 6.45) is 1.60. The summed E-state index contributed by atoms with van der Waals surface area (Å²) >= 11 is 0. The first-order valence-corrected chi connectivity index (χ1v) is 9.39. The molecule has 1 unspecified atom stereocenters. The Balaban J connectivity index is 1.62. The molecule has 1 saturated heterocycles. The average molecular weight is 355 g/mol. The van der Waals surface area contributed by atoms with Gasteiger partial charge in [0.05, 0.1) is 5.69 Å². The van der Waals surface area contributed by atoms with Crippen molar-refractivity contribution in [2.45, 2.75) is 25.0 Å². The largest absolute Gasteiger partial charge is 0.333 e. The number of rotatable bonds is 3. The molecule has 2 aliphatic rings. The van der Waals surface area contributed by atoms with Crippen LogP contribution in [-0.4, -0.2) is 17.0 Å². The summed E-state index contributed by atoms with van der Waals surface area (Å²) in [5, 5.41) is 1.80. The number of fused-ring (bicyclic) bond motifs is 3. The van der Waals surface area contributed by atoms with Gasteiger partial charge in [0.25, 0.3) is 5.91 Å². The highest BCUT2D eigenvalue weighted by Crippen LogP contribution is 2.44. The third-order valence-corrected chi connectivity index (χ3v) is 5.44. The molecule has 27 heavy (non-hydrogen) atoms. The van der Waals surface area contributed by atoms with Crippen molar-refractivity contribution in [3.8, 4) is 0 Å². The molecule has 1 N–H and O–H groups in total. The van der Waals surface area contributed by atoms with Crippen molar-refractivity contribution in [1.82, 2.24) is 5.01 Å². The number of anilines is 2. The summed E-state index contributed by atoms with van der Waals surface area (Å²) in [6.45, 7) is 0. The number of hydrazine groups is 1. The van der Waals surface area contributed by atoms with Gasteiger partial charge in [-0.25, -0.2) is 5.01 Å². The number of para-hydroxylation sites is 2. The summed E-state index contributed by atoms with van der Waals surface area (Å²) < 4.78 is 0. The summed E-state index contributed by atoms with van der Waals surface area (Å²) in [4.78, 5) is 15.6. The van der Waals surface area contributed by atoms with Gasteiger partial charge in [0.2, 0.25) is 0 Å². The van der Waals surface area contributed by atoms with E-state index in [1.165, 1.54) is 5.56 Å². The first kappa shape index (κ1) is 15.9. The van der Waals surface area contributed by atoms with Gasteiger partial charge in [-0.1, -0.05) is 66.7 Å². The summed E-state index contributed by atoms with van der Waals surface area (Å²) in [6, 6.07) is 28.5. The first-order chi connectivity index (χ1) is 13.3. The van der Waals surface area contributed by atoms with Crippen LogP contribution in [-0.2, 0) is 11.2 Å². The number of nitrogens with one attached hydrogen (secondary N) is 1. The van der Waals surface area contributed by atoms with E-state index < -0.39 is 0 Å². The van der Waals surface area contributed by atoms with Crippen LogP contribution in [0.5, 0.6) is 0 Å². The molecule has 134 valence electrons. The van der Waals surface area contributed by atoms with Crippen LogP contribution in [0.2, 0.25) is 0 Å². The lowest BCUT2D eigenvalue weighted by Gasteiger charge is -2.37. The molecule has 0 aromatic heterocycles. The van der Waals surface area contributed by atoms with E-state index in [-0.39, 0.29) is 18.1 Å². The second-order valence-corrected chi connectivity index (χ2v) is 7.06. The molecule has 0 radical (unpaired) electrons. The number of carbonyl (C=O) groups is 1. The van der Waals surface area contributed by atoms with Crippen molar-refractivity contribution in [1.29, 1.82) is 0 Å². The molecular weight excluding hydrogens is 334 g/mol. The lowest BCUT2D eigenvalue weighted by Crippen LogP contribution is -2.38. The zero-order chi connectivity index (χ0) is 18.2. The second kappa shape index (κ2) is 6.47. The Morgan fingerprint density at radius 3 is 2.26 bits per heavy atom. The van der Waals surface area contributed by atoms with E-state index in [4.69, 9.17) is 0 Å². The third-order valence-electron chi connectivity index (χ3n) is 5.44. The Bertz CT molecular complexity index is 958. The van der Waals surface area contributed by atoms with Crippen LogP contribution < -0.4 is 10.3 Å². The van der Waals surface area contributed by atoms with Crippen molar-refractivity contribution >= 4 is 17.3 Å². The van der Waals surface area contributed by atoms with Crippen LogP contribution in [0.3, 0.4) is 0 Å². The zero-order valence-corrected chi connectivity index (χ0v) is 15.0. The minimum atomic E-state index is -0.176. The molecule has 0 spiro atoms. The Labute approximate surface area is 159 Å². The average Bonchev–Trinajstić information content (AvgIpc) is 3.02. The fourth-order valence-corrected chi connectivity index (χ4v) is 4.23. The molecule has 0 saturated carbocycles. The standard InChI is InChI=1S/C23H21N3O/c27-23-21-16-15-17-9-7-8-14-20(17)25(21)22(18-10-3-1-4-11-18)26(23)24-19-12-5-2-6-13-19/h1-14,21-22,24H,15-16H2/t21?,22-/m1/s1. The van der Waals surface area contributed by atoms with Gasteiger partial charge in [0.15, 0.2) is 6.17 Å². The predicted octanol–water partition coefficient (Wildman–Crippen LogP) is 4.38. The van der Waals surface area contributed by atoms with E-state index in [1.807, 2.05) is 48.5 Å². The number of aryl methyl sites for hydroxylation is 1. The fraction of sp³-hybridized carbons (Fsp3) is 0.174. The van der Waals surface area contributed by atoms with Gasteiger partial charge >= 0.3 is 0 Å². The molecule has 0 aliphatic carbocycles. The molecule has 3 aromatic carbocycles. The number of amides is 1. The van der Waals surface area contributed by atoms with E-state index in [2.05, 4.69) is 46.7 Å². The Kier molecular flexibility index (Phi) is 3.82. The second-order valence-electron chi connectivity index (χ2n) is 7.06. The predicted molar refractivity (Wildman–Crippen MR) is 107 cm³/mol. The number of hydrogen-bond donors (Lipinski definition) is 1. The summed E-state index contributed by atoms with van der Waals surface area (Å²) in [7, 11) is 0. The van der Waals surface area contributed by atoms with E-state index >= 15 is 0 Å². The van der Waals surface area contributed by atoms with Crippen molar-refractivity contribution in [2.75, 3.05) is 10.3 Å². The zero-order valence-electron chi connectivity index (χ0n) is 15.0. The quantitative estimate of drug-likeness (QED) is 0.757. The highest BCUT2D eigenvalue weighted by atomic mass is 16.2. The highest BCUT2D eigenvalue weighted by Gasteiger charge is 2.49. The molecule has 2 atom stereocenters. The maximum absolute atomic E-state index is 13.4. The molecule has 0 bridgehead atoms. The monoisotopic (exact) mass is 355 g/mol. The maximum atomic E-state index is 13.4. The molecule has 4 heteroatoms. The van der Waals surface area contributed by atoms with Gasteiger partial charge in [0.1, 0.15) is 6.04 Å². The van der Waals surface area contributed by atoms with Gasteiger partial charge in [-0.2, -0.15) is 0 Å². The summed E-state index contributed by atoms with van der Waals surface area (Å²) in [5.41, 5.74) is 7.86. The summed E-state index contributed by atoms with van der Waals surface area (Å²) in [5.74, 6) is 0.127. The fourth-order valence-electron chi connectivity index (χ4n) is 4.23. The Hall–Kier alpha value is -3.27. The van der Waals surface area contributed by atoms with Crippen molar-refractivity contribution < 1.29 is 4.79 Å². The van der Waals surface area contributed by atoms with E-state index in [0.717, 1.165) is 29.8 Å². The van der Waals surface area contributed by atoms with E-state index in [0.29, 0.717) is 0 Å². The van der Waals surface area contributed by atoms with Crippen molar-refractivity contribution in [2.24, 2.45) is 0 Å². The minimum Gasteiger partial charge on any atom is -0.333 e. The molecule has 1 amide bonds. The molecule has 2 heterocycles. The SMILES string of the molecule is O=C1C2CCc3ccccc3N2[C@@H](c2ccccc2)N1Nc1ccccc1. The van der Waals surface area contributed by atoms with Crippen molar-refractivity contribution in [3.63, 3.8) is 0 Å². The van der Waals surface area contributed by atoms with Crippen LogP contribution in [0.4, 0.5) is 11.4 Å². The van der Waals surface area contributed by atoms with E-state index in [1.54, 1.807) is 5.01 Å². The lowest BCUT2D eigenvalue weighted by atomic mass is 9.96. The van der Waals surface area contributed by atoms with Gasteiger partial charge in [0, 0.05) is 5.69 Å². The number of nitrogens with zero attached hydrogens (tertiary/aromatic N) is 2. The number of benzene rings is 3. The molecule has 1 fully saturated rings. The molecular formula is C23H21N3O. The normalized spacial score (nSPS) is 21.0. The molecule has 5 rings (SSSR count). The smallest absolute Gasteiger partial charge is 0.265 e. The van der Waals surface area contributed by atoms with Gasteiger partial charge in [-0.05, 0) is 42.2 Å². The number of carbonyl (C=O) groups excluding carboxylic acids is 1. The molecule has 4 nitrogen and oxygen atoms in total. The topological polar surface area (TPSA) is 35.6 Å². The van der Waals surface area contributed by atoms with Crippen LogP contribution >= 0.6 is 0 Å². The molecule has 3 aromatic rings. The Morgan fingerprint density at radius 1 is 0.815 bits per heavy atom. The minimum absolute atomic E-state index is 0.127. The highest BCUT2D eigenvalue weighted by molar-refractivity contribution is 5.92. The van der Waals surface area contributed by atoms with Gasteiger partial charge in [-0.3, -0.25) is 10.2 Å². The first-order valence-electron chi connectivity index (χ1n) is 9.39. The number of hydrogen-bond acceptors (Lipinski definition) is 3. The lowest BCUT2D eigenvalue weighted by molar-refractivity contribution is -0.128.